The van der Waals surface area contributed by atoms with E-state index in [4.69, 9.17) is 29.2 Å². The van der Waals surface area contributed by atoms with Gasteiger partial charge in [-0.1, -0.05) is 32.0 Å². The second-order valence-corrected chi connectivity index (χ2v) is 19.7. The number of hydrogen-bond acceptors (Lipinski definition) is 11. The molecule has 17 heteroatoms. The zero-order chi connectivity index (χ0) is 44.2. The van der Waals surface area contributed by atoms with Crippen molar-refractivity contribution in [2.24, 2.45) is 23.0 Å². The maximum absolute atomic E-state index is 15.4. The number of amides is 2. The molecule has 2 aromatic rings. The largest absolute Gasteiger partial charge is 0.547 e. The highest BCUT2D eigenvalue weighted by atomic mass is 19.1. The first-order chi connectivity index (χ1) is 29.4. The van der Waals surface area contributed by atoms with Gasteiger partial charge in [-0.15, -0.1) is 0 Å². The molecule has 0 spiro atoms. The van der Waals surface area contributed by atoms with E-state index in [-0.39, 0.29) is 48.3 Å². The minimum atomic E-state index is -1.78. The second kappa shape index (κ2) is 17.2. The van der Waals surface area contributed by atoms with Gasteiger partial charge >= 0.3 is 20.3 Å². The molecule has 0 radical (unpaired) electrons. The zero-order valence-electron chi connectivity index (χ0n) is 36.4. The molecule has 7 fully saturated rings. The number of benzene rings is 2. The van der Waals surface area contributed by atoms with Crippen LogP contribution >= 0.6 is 0 Å². The molecule has 4 saturated heterocycles. The van der Waals surface area contributed by atoms with Crippen molar-refractivity contribution in [2.45, 2.75) is 127 Å². The number of nitrogens with one attached hydrogen (secondary N) is 1. The van der Waals surface area contributed by atoms with E-state index in [9.17, 15) is 24.3 Å². The van der Waals surface area contributed by atoms with Crippen LogP contribution in [-0.4, -0.2) is 115 Å². The van der Waals surface area contributed by atoms with Crippen molar-refractivity contribution in [1.82, 2.24) is 15.1 Å². The summed E-state index contributed by atoms with van der Waals surface area (Å²) in [5, 5.41) is 24.4. The molecule has 332 valence electrons. The lowest BCUT2D eigenvalue weighted by atomic mass is 9.43. The normalized spacial score (nSPS) is 29.9. The summed E-state index contributed by atoms with van der Waals surface area (Å²) in [5.41, 5.74) is 6.26. The Morgan fingerprint density at radius 1 is 1.10 bits per heavy atom. The van der Waals surface area contributed by atoms with Gasteiger partial charge in [-0.2, -0.15) is 5.26 Å². The van der Waals surface area contributed by atoms with E-state index in [2.05, 4.69) is 37.1 Å². The number of nitriles is 1. The maximum atomic E-state index is 15.4. The molecule has 4 N–H and O–H groups in total. The molecule has 0 unspecified atom stereocenters. The number of rotatable bonds is 14. The average molecular weight is 858 g/mol. The summed E-state index contributed by atoms with van der Waals surface area (Å²) in [6.45, 7) is 13.0. The third-order valence-corrected chi connectivity index (χ3v) is 15.2. The van der Waals surface area contributed by atoms with Crippen LogP contribution in [0, 0.1) is 40.2 Å². The van der Waals surface area contributed by atoms with Crippen molar-refractivity contribution >= 4 is 26.2 Å². The van der Waals surface area contributed by atoms with Crippen LogP contribution in [0.25, 0.3) is 0 Å². The number of alkyl carbamates (subject to hydrolysis) is 1. The van der Waals surface area contributed by atoms with Crippen LogP contribution in [-0.2, 0) is 36.4 Å². The van der Waals surface area contributed by atoms with Gasteiger partial charge in [0, 0.05) is 30.6 Å². The smallest absolute Gasteiger partial charge is 0.533 e. The molecule has 13 nitrogen and oxygen atoms in total. The molecule has 3 saturated carbocycles. The topological polar surface area (TPSA) is 169 Å². The Morgan fingerprint density at radius 3 is 2.47 bits per heavy atom. The van der Waals surface area contributed by atoms with Gasteiger partial charge in [-0.3, -0.25) is 9.69 Å². The average Bonchev–Trinajstić information content (AvgIpc) is 3.93. The van der Waals surface area contributed by atoms with Crippen molar-refractivity contribution in [2.75, 3.05) is 32.9 Å². The van der Waals surface area contributed by atoms with Crippen molar-refractivity contribution < 1.29 is 46.8 Å². The van der Waals surface area contributed by atoms with E-state index in [1.54, 1.807) is 17.0 Å². The molecule has 4 bridgehead atoms. The predicted molar refractivity (Wildman–Crippen MR) is 227 cm³/mol. The standard InChI is InChI=1S/C45H59B2F2N5O8/c1-42(2,53-16-18-58-19-17-53)25-30(26-50)40(55)54-33-12-14-45(54,15-13-33)27-59-41(56)52-39(22-28-6-9-32(48)10-7-28)46(57)60-35-20-29(8-11-34(35)49)21-38(51)47-61-37-24-31-23-36(43(31,3)4)44(37,5)62-47/h6-11,20,25,31,33,36-39,57H,12-19,21-24,27,51H2,1-5H3,(H,52,56)/b30-25+/t31-,33?,36-,37+,38-,39-,44-,45?/m0/s1. The first kappa shape index (κ1) is 44.6. The number of carbonyl (C=O) groups excluding carboxylic acids is 2. The Kier molecular flexibility index (Phi) is 12.3. The first-order valence-electron chi connectivity index (χ1n) is 22.1. The lowest BCUT2D eigenvalue weighted by Crippen LogP contribution is -2.65. The molecular weight excluding hydrogens is 798 g/mol. The Balaban J connectivity index is 0.927. The fourth-order valence-electron chi connectivity index (χ4n) is 11.4. The van der Waals surface area contributed by atoms with Gasteiger partial charge in [-0.25, -0.2) is 13.6 Å². The zero-order valence-corrected chi connectivity index (χ0v) is 36.4. The molecule has 62 heavy (non-hydrogen) atoms. The third kappa shape index (κ3) is 8.51. The molecule has 4 heterocycles. The van der Waals surface area contributed by atoms with Crippen molar-refractivity contribution in [3.05, 3.63) is 76.9 Å². The minimum Gasteiger partial charge on any atom is -0.533 e. The van der Waals surface area contributed by atoms with E-state index >= 15 is 4.39 Å². The van der Waals surface area contributed by atoms with E-state index in [0.29, 0.717) is 74.9 Å². The summed E-state index contributed by atoms with van der Waals surface area (Å²) in [5.74, 6) is -2.63. The highest BCUT2D eigenvalue weighted by molar-refractivity contribution is 6.47. The predicted octanol–water partition coefficient (Wildman–Crippen LogP) is 4.92. The Labute approximate surface area is 363 Å². The Morgan fingerprint density at radius 2 is 1.79 bits per heavy atom. The summed E-state index contributed by atoms with van der Waals surface area (Å²) in [6.07, 6.45) is 5.66. The Bertz CT molecular complexity index is 2070. The van der Waals surface area contributed by atoms with Gasteiger partial charge in [-0.05, 0) is 131 Å². The van der Waals surface area contributed by atoms with E-state index in [1.165, 1.54) is 36.4 Å². The monoisotopic (exact) mass is 857 g/mol. The Hall–Kier alpha value is -4.04. The third-order valence-electron chi connectivity index (χ3n) is 15.2. The number of nitrogens with two attached hydrogens (primary N) is 1. The molecule has 7 aliphatic rings. The molecule has 0 aromatic heterocycles. The SMILES string of the molecule is CC1(C)[C@@H]2C[C@H]3OB([C@@H](N)Cc4ccc(F)c(OB(O)[C@H](Cc5ccc(F)cc5)NC(=O)OCC56CCC(CC5)N6C(=O)/C(C#N)=C/C(C)(C)N5CCOCC5)c4)O[C@@]3(C)[C@H]1C2. The lowest BCUT2D eigenvalue weighted by molar-refractivity contribution is -0.199. The van der Waals surface area contributed by atoms with Crippen molar-refractivity contribution in [3.63, 3.8) is 0 Å². The van der Waals surface area contributed by atoms with Gasteiger partial charge in [0.25, 0.3) is 5.91 Å². The highest BCUT2D eigenvalue weighted by Gasteiger charge is 2.68. The number of carbonyl (C=O) groups is 2. The van der Waals surface area contributed by atoms with E-state index in [1.807, 2.05) is 13.8 Å². The van der Waals surface area contributed by atoms with Gasteiger partial charge < -0.3 is 44.4 Å². The molecule has 9 rings (SSSR count). The van der Waals surface area contributed by atoms with Crippen LogP contribution in [0.3, 0.4) is 0 Å². The fraction of sp³-hybridized carbons (Fsp3) is 0.622. The summed E-state index contributed by atoms with van der Waals surface area (Å²) in [6, 6.07) is 11.9. The van der Waals surface area contributed by atoms with Crippen LogP contribution in [0.1, 0.15) is 84.3 Å². The molecule has 4 aliphatic heterocycles. The van der Waals surface area contributed by atoms with Gasteiger partial charge in [0.15, 0.2) is 5.82 Å². The highest BCUT2D eigenvalue weighted by Crippen LogP contribution is 2.65. The minimum absolute atomic E-state index is 0.0231. The second-order valence-electron chi connectivity index (χ2n) is 19.7. The summed E-state index contributed by atoms with van der Waals surface area (Å²) >= 11 is 0. The van der Waals surface area contributed by atoms with Crippen LogP contribution in [0.15, 0.2) is 54.1 Å². The summed E-state index contributed by atoms with van der Waals surface area (Å²) < 4.78 is 59.3. The number of hydrogen-bond donors (Lipinski definition) is 3. The van der Waals surface area contributed by atoms with E-state index < -0.39 is 66.4 Å². The molecule has 6 atom stereocenters. The lowest BCUT2D eigenvalue weighted by Gasteiger charge is -2.64. The van der Waals surface area contributed by atoms with Crippen LogP contribution in [0.5, 0.6) is 5.75 Å². The first-order valence-corrected chi connectivity index (χ1v) is 22.1. The van der Waals surface area contributed by atoms with Crippen molar-refractivity contribution in [1.29, 1.82) is 5.26 Å². The van der Waals surface area contributed by atoms with Crippen LogP contribution in [0.2, 0.25) is 0 Å². The summed E-state index contributed by atoms with van der Waals surface area (Å²) in [7, 11) is -2.42. The van der Waals surface area contributed by atoms with Crippen LogP contribution < -0.4 is 15.7 Å². The quantitative estimate of drug-likeness (QED) is 0.134. The van der Waals surface area contributed by atoms with Gasteiger partial charge in [0.1, 0.15) is 29.8 Å². The van der Waals surface area contributed by atoms with Crippen LogP contribution in [0.4, 0.5) is 13.6 Å². The number of halogens is 2. The fourth-order valence-corrected chi connectivity index (χ4v) is 11.4. The maximum Gasteiger partial charge on any atom is 0.547 e. The number of ether oxygens (including phenoxy) is 2. The van der Waals surface area contributed by atoms with E-state index in [0.717, 1.165) is 12.8 Å². The number of morpholine rings is 1. The number of fused-ring (bicyclic) bond motifs is 2. The molecular formula is C45H59B2F2N5O8. The molecule has 3 aliphatic carbocycles. The van der Waals surface area contributed by atoms with Crippen molar-refractivity contribution in [3.8, 4) is 11.8 Å². The summed E-state index contributed by atoms with van der Waals surface area (Å²) in [4.78, 5) is 31.6. The molecule has 2 aromatic carbocycles. The van der Waals surface area contributed by atoms with Gasteiger partial charge in [0.05, 0.1) is 36.4 Å². The van der Waals surface area contributed by atoms with Gasteiger partial charge in [0.2, 0.25) is 0 Å². The number of nitrogens with zero attached hydrogens (tertiary/aromatic N) is 3. The molecule has 2 amide bonds.